The summed E-state index contributed by atoms with van der Waals surface area (Å²) in [5, 5.41) is 10.4. The van der Waals surface area contributed by atoms with Crippen molar-refractivity contribution < 1.29 is 37.1 Å². The Bertz CT molecular complexity index is 1080. The summed E-state index contributed by atoms with van der Waals surface area (Å²) in [5.41, 5.74) is -1.08. The Kier molecular flexibility index (Phi) is 23.3. The highest BCUT2D eigenvalue weighted by atomic mass is 32.2. The van der Waals surface area contributed by atoms with E-state index in [9.17, 15) is 37.1 Å². The van der Waals surface area contributed by atoms with E-state index in [1.807, 2.05) is 52.2 Å². The van der Waals surface area contributed by atoms with Gasteiger partial charge in [0.15, 0.2) is 0 Å². The van der Waals surface area contributed by atoms with Crippen LogP contribution in [0.4, 0.5) is 18.0 Å². The molecule has 15 heteroatoms. The van der Waals surface area contributed by atoms with E-state index in [2.05, 4.69) is 41.7 Å². The fraction of sp³-hybridized carbons (Fsp3) is 0.800. The van der Waals surface area contributed by atoms with Crippen molar-refractivity contribution in [2.45, 2.75) is 138 Å². The third-order valence-corrected chi connectivity index (χ3v) is 8.31. The number of likely N-dealkylation sites (N-methyl/N-ethyl adjacent to an activating group) is 1. The summed E-state index contributed by atoms with van der Waals surface area (Å²) in [7, 11) is 1.90. The van der Waals surface area contributed by atoms with Crippen LogP contribution in [0.1, 0.15) is 108 Å². The lowest BCUT2D eigenvalue weighted by molar-refractivity contribution is -0.147. The minimum Gasteiger partial charge on any atom is -0.349 e. The summed E-state index contributed by atoms with van der Waals surface area (Å²) in [6, 6.07) is -4.72. The molecule has 4 unspecified atom stereocenters. The highest BCUT2D eigenvalue weighted by molar-refractivity contribution is 7.96. The molecule has 4 atom stereocenters. The van der Waals surface area contributed by atoms with Crippen LogP contribution < -0.4 is 21.3 Å². The Morgan fingerprint density at radius 2 is 1.54 bits per heavy atom. The monoisotopic (exact) mass is 738 g/mol. The number of amides is 5. The molecule has 1 saturated heterocycles. The zero-order chi connectivity index (χ0) is 39.5. The molecule has 0 bridgehead atoms. The summed E-state index contributed by atoms with van der Waals surface area (Å²) in [4.78, 5) is 66.9. The average Bonchev–Trinajstić information content (AvgIpc) is 3.51. The van der Waals surface area contributed by atoms with Gasteiger partial charge in [0.05, 0.1) is 6.04 Å². The van der Waals surface area contributed by atoms with E-state index < -0.39 is 72.1 Å². The van der Waals surface area contributed by atoms with Crippen molar-refractivity contribution in [3.05, 3.63) is 12.7 Å². The first kappa shape index (κ1) is 49.3. The van der Waals surface area contributed by atoms with Crippen molar-refractivity contribution in [1.29, 1.82) is 0 Å². The number of rotatable bonds is 15. The maximum absolute atomic E-state index is 13.9. The number of likely N-dealkylation sites (tertiary alicyclic amines) is 1. The van der Waals surface area contributed by atoms with Crippen molar-refractivity contribution in [3.63, 3.8) is 0 Å². The number of nitrogens with zero attached hydrogens (tertiary/aromatic N) is 2. The first-order chi connectivity index (χ1) is 23.0. The number of carbonyl (C=O) groups excluding carboxylic acids is 5. The van der Waals surface area contributed by atoms with Gasteiger partial charge in [-0.05, 0) is 49.8 Å². The zero-order valence-corrected chi connectivity index (χ0v) is 33.3. The number of hydrogen-bond donors (Lipinski definition) is 4. The Labute approximate surface area is 303 Å². The Morgan fingerprint density at radius 1 is 0.980 bits per heavy atom. The molecule has 50 heavy (non-hydrogen) atoms. The lowest BCUT2D eigenvalue weighted by atomic mass is 9.85. The molecular formula is C35H65F3N6O5S. The highest BCUT2D eigenvalue weighted by Crippen LogP contribution is 2.27. The van der Waals surface area contributed by atoms with Crippen molar-refractivity contribution in [2.75, 3.05) is 32.9 Å². The summed E-state index contributed by atoms with van der Waals surface area (Å²) >= 11 is 1.52. The number of alkyl halides is 3. The van der Waals surface area contributed by atoms with Gasteiger partial charge in [0.2, 0.25) is 17.6 Å². The van der Waals surface area contributed by atoms with Crippen LogP contribution in [0.15, 0.2) is 12.7 Å². The first-order valence-corrected chi connectivity index (χ1v) is 18.6. The maximum Gasteiger partial charge on any atom is 0.389 e. The van der Waals surface area contributed by atoms with Crippen LogP contribution in [0.2, 0.25) is 0 Å². The van der Waals surface area contributed by atoms with Crippen LogP contribution in [0, 0.1) is 10.8 Å². The van der Waals surface area contributed by atoms with E-state index in [1.54, 1.807) is 20.8 Å². The minimum atomic E-state index is -4.62. The molecule has 4 N–H and O–H groups in total. The standard InChI is InChI=1S/C30H51F3N6O5S.C3H8.C2H6/c1-10-11-16-34-25(42)22(40)19(14-15-30(31,32)33)35-24(41)20-13-12-17-39(20)26(43)23(29(5,6)7)37-27(44)36-21(28(2,3)4)18-38(8)45-9;1-3-2;1-2/h10,19-21,23H,1,11-18H2,2-9H3,(H,34,42)(H,35,41)(H2,36,37,44);3H2,1-2H3;1-2H3. The second-order valence-corrected chi connectivity index (χ2v) is 15.1. The number of Topliss-reactive ketones (excluding diaryl/α,β-unsaturated/α-hetero) is 1. The van der Waals surface area contributed by atoms with Gasteiger partial charge in [-0.3, -0.25) is 23.5 Å². The van der Waals surface area contributed by atoms with Gasteiger partial charge in [-0.25, -0.2) is 4.79 Å². The van der Waals surface area contributed by atoms with Crippen LogP contribution in [0.25, 0.3) is 0 Å². The molecule has 0 spiro atoms. The number of nitrogens with one attached hydrogen (secondary N) is 4. The predicted molar refractivity (Wildman–Crippen MR) is 196 cm³/mol. The third-order valence-electron chi connectivity index (χ3n) is 7.54. The summed E-state index contributed by atoms with van der Waals surface area (Å²) < 4.78 is 41.1. The molecule has 11 nitrogen and oxygen atoms in total. The number of carbonyl (C=O) groups is 5. The fourth-order valence-corrected chi connectivity index (χ4v) is 4.99. The normalized spacial score (nSPS) is 16.4. The smallest absolute Gasteiger partial charge is 0.349 e. The van der Waals surface area contributed by atoms with Crippen LogP contribution in [0.3, 0.4) is 0 Å². The van der Waals surface area contributed by atoms with E-state index in [1.165, 1.54) is 29.3 Å². The van der Waals surface area contributed by atoms with Gasteiger partial charge in [-0.15, -0.1) is 6.58 Å². The molecule has 0 aromatic rings. The predicted octanol–water partition coefficient (Wildman–Crippen LogP) is 5.85. The first-order valence-electron chi connectivity index (χ1n) is 17.5. The molecule has 0 radical (unpaired) electrons. The third kappa shape index (κ3) is 19.0. The topological polar surface area (TPSA) is 140 Å². The van der Waals surface area contributed by atoms with Gasteiger partial charge in [-0.2, -0.15) is 13.2 Å². The van der Waals surface area contributed by atoms with E-state index in [4.69, 9.17) is 0 Å². The van der Waals surface area contributed by atoms with Crippen LogP contribution >= 0.6 is 11.9 Å². The molecule has 0 aromatic carbocycles. The second kappa shape index (κ2) is 23.6. The number of hydrogen-bond acceptors (Lipinski definition) is 7. The number of urea groups is 1. The van der Waals surface area contributed by atoms with Gasteiger partial charge in [0.25, 0.3) is 5.91 Å². The fourth-order valence-electron chi connectivity index (χ4n) is 4.69. The van der Waals surface area contributed by atoms with Crippen molar-refractivity contribution >= 4 is 41.5 Å². The van der Waals surface area contributed by atoms with E-state index >= 15 is 0 Å². The van der Waals surface area contributed by atoms with Crippen molar-refractivity contribution in [3.8, 4) is 0 Å². The van der Waals surface area contributed by atoms with Gasteiger partial charge < -0.3 is 26.2 Å². The maximum atomic E-state index is 13.9. The van der Waals surface area contributed by atoms with Crippen LogP contribution in [-0.4, -0.2) is 102 Å². The molecular weight excluding hydrogens is 673 g/mol. The Morgan fingerprint density at radius 3 is 2.00 bits per heavy atom. The molecule has 1 rings (SSSR count). The highest BCUT2D eigenvalue weighted by Gasteiger charge is 2.43. The lowest BCUT2D eigenvalue weighted by Gasteiger charge is -2.37. The molecule has 0 aliphatic carbocycles. The largest absolute Gasteiger partial charge is 0.389 e. The molecule has 292 valence electrons. The summed E-state index contributed by atoms with van der Waals surface area (Å²) in [5.74, 6) is -3.71. The molecule has 0 saturated carbocycles. The van der Waals surface area contributed by atoms with Gasteiger partial charge in [-0.1, -0.05) is 93.7 Å². The van der Waals surface area contributed by atoms with Crippen molar-refractivity contribution in [1.82, 2.24) is 30.5 Å². The van der Waals surface area contributed by atoms with Gasteiger partial charge in [0, 0.05) is 32.1 Å². The number of halogens is 3. The second-order valence-electron chi connectivity index (χ2n) is 14.1. The van der Waals surface area contributed by atoms with Crippen LogP contribution in [0.5, 0.6) is 0 Å². The molecule has 0 aromatic heterocycles. The van der Waals surface area contributed by atoms with E-state index in [0.717, 1.165) is 0 Å². The van der Waals surface area contributed by atoms with E-state index in [0.29, 0.717) is 19.4 Å². The van der Waals surface area contributed by atoms with Crippen LogP contribution in [-0.2, 0) is 19.2 Å². The lowest BCUT2D eigenvalue weighted by Crippen LogP contribution is -2.61. The SMILES string of the molecule is C=CCCNC(=O)C(=O)C(CCC(F)(F)F)NC(=O)C1CCCN1C(=O)C(NC(=O)NC(CN(C)SC)C(C)(C)C)C(C)(C)C.CC.CCC. The minimum absolute atomic E-state index is 0.0540. The molecule has 5 amide bonds. The molecule has 1 aliphatic heterocycles. The number of ketones is 1. The molecule has 1 heterocycles. The van der Waals surface area contributed by atoms with E-state index in [-0.39, 0.29) is 31.0 Å². The Balaban J connectivity index is 0. The summed E-state index contributed by atoms with van der Waals surface area (Å²) in [6.07, 6.45) is -1.24. The van der Waals surface area contributed by atoms with Crippen molar-refractivity contribution in [2.24, 2.45) is 10.8 Å². The summed E-state index contributed by atoms with van der Waals surface area (Å²) in [6.45, 7) is 23.8. The van der Waals surface area contributed by atoms with Gasteiger partial charge in [0.1, 0.15) is 12.1 Å². The Hall–Kier alpha value is -2.81. The quantitative estimate of drug-likeness (QED) is 0.0716. The van der Waals surface area contributed by atoms with Gasteiger partial charge >= 0.3 is 12.2 Å². The molecule has 1 fully saturated rings. The zero-order valence-electron chi connectivity index (χ0n) is 32.4. The molecule has 1 aliphatic rings. The average molecular weight is 739 g/mol.